The molecule has 1 aliphatic heterocycles. The number of hydrogen-bond donors (Lipinski definition) is 0. The van der Waals surface area contributed by atoms with Crippen LogP contribution < -0.4 is 0 Å². The summed E-state index contributed by atoms with van der Waals surface area (Å²) in [6.45, 7) is 7.60. The molecule has 1 fully saturated rings. The molecule has 0 aromatic carbocycles. The molecule has 0 N–H and O–H groups in total. The van der Waals surface area contributed by atoms with Crippen molar-refractivity contribution in [3.05, 3.63) is 0 Å². The highest BCUT2D eigenvalue weighted by Crippen LogP contribution is 2.33. The quantitative estimate of drug-likeness (QED) is 0.650. The Labute approximate surface area is 90.6 Å². The van der Waals surface area contributed by atoms with E-state index in [4.69, 9.17) is 4.74 Å². The van der Waals surface area contributed by atoms with Crippen molar-refractivity contribution >= 4 is 11.9 Å². The summed E-state index contributed by atoms with van der Waals surface area (Å²) in [5, 5.41) is 0. The fourth-order valence-corrected chi connectivity index (χ4v) is 2.27. The van der Waals surface area contributed by atoms with E-state index in [2.05, 4.69) is 0 Å². The van der Waals surface area contributed by atoms with E-state index in [-0.39, 0.29) is 17.4 Å². The minimum atomic E-state index is -0.391. The predicted octanol–water partition coefficient (Wildman–Crippen LogP) is 1.34. The van der Waals surface area contributed by atoms with Crippen LogP contribution in [-0.2, 0) is 14.3 Å². The zero-order chi connectivity index (χ0) is 11.6. The number of carbonyl (C=O) groups is 2. The van der Waals surface area contributed by atoms with Crippen LogP contribution in [0.5, 0.6) is 0 Å². The van der Waals surface area contributed by atoms with Crippen molar-refractivity contribution in [1.82, 2.24) is 4.90 Å². The van der Waals surface area contributed by atoms with Crippen molar-refractivity contribution < 1.29 is 14.3 Å². The van der Waals surface area contributed by atoms with Crippen molar-refractivity contribution in [1.29, 1.82) is 0 Å². The molecule has 1 atom stereocenters. The van der Waals surface area contributed by atoms with Crippen molar-refractivity contribution in [2.24, 2.45) is 0 Å². The first kappa shape index (κ1) is 12.0. The van der Waals surface area contributed by atoms with Crippen LogP contribution in [0.15, 0.2) is 0 Å². The molecule has 4 heteroatoms. The summed E-state index contributed by atoms with van der Waals surface area (Å²) in [6.07, 6.45) is 1.54. The molecular formula is C11H19NO3. The Morgan fingerprint density at radius 2 is 2.07 bits per heavy atom. The van der Waals surface area contributed by atoms with Gasteiger partial charge in [0.05, 0.1) is 6.61 Å². The molecule has 1 saturated heterocycles. The Kier molecular flexibility index (Phi) is 3.37. The molecule has 0 saturated carbocycles. The van der Waals surface area contributed by atoms with Gasteiger partial charge >= 0.3 is 5.97 Å². The summed E-state index contributed by atoms with van der Waals surface area (Å²) >= 11 is 0. The fourth-order valence-electron chi connectivity index (χ4n) is 2.27. The van der Waals surface area contributed by atoms with Gasteiger partial charge in [0.25, 0.3) is 0 Å². The van der Waals surface area contributed by atoms with E-state index in [9.17, 15) is 9.59 Å². The van der Waals surface area contributed by atoms with Crippen molar-refractivity contribution in [2.75, 3.05) is 6.61 Å². The Morgan fingerprint density at radius 1 is 1.47 bits per heavy atom. The van der Waals surface area contributed by atoms with Gasteiger partial charge < -0.3 is 9.64 Å². The standard InChI is InChI=1S/C11H19NO3/c1-5-15-10(14)9-6-7-11(3,4)12(9)8(2)13/h9H,5-7H2,1-4H3. The van der Waals surface area contributed by atoms with E-state index in [0.717, 1.165) is 6.42 Å². The van der Waals surface area contributed by atoms with Gasteiger partial charge in [-0.25, -0.2) is 4.79 Å². The first-order valence-corrected chi connectivity index (χ1v) is 5.36. The van der Waals surface area contributed by atoms with Gasteiger partial charge in [0.15, 0.2) is 0 Å². The van der Waals surface area contributed by atoms with Crippen LogP contribution >= 0.6 is 0 Å². The molecule has 1 amide bonds. The number of likely N-dealkylation sites (tertiary alicyclic amines) is 1. The molecule has 0 aromatic rings. The van der Waals surface area contributed by atoms with Crippen LogP contribution in [0.4, 0.5) is 0 Å². The Hall–Kier alpha value is -1.06. The average Bonchev–Trinajstić information content (AvgIpc) is 2.41. The highest BCUT2D eigenvalue weighted by atomic mass is 16.5. The van der Waals surface area contributed by atoms with E-state index in [1.165, 1.54) is 6.92 Å². The van der Waals surface area contributed by atoms with Gasteiger partial charge in [-0.3, -0.25) is 4.79 Å². The lowest BCUT2D eigenvalue weighted by Gasteiger charge is -2.33. The Morgan fingerprint density at radius 3 is 2.53 bits per heavy atom. The summed E-state index contributed by atoms with van der Waals surface area (Å²) < 4.78 is 4.97. The molecule has 1 aliphatic rings. The number of nitrogens with zero attached hydrogens (tertiary/aromatic N) is 1. The number of ether oxygens (including phenoxy) is 1. The Bertz CT molecular complexity index is 273. The third kappa shape index (κ3) is 2.30. The number of amides is 1. The molecule has 1 heterocycles. The zero-order valence-corrected chi connectivity index (χ0v) is 9.87. The molecule has 15 heavy (non-hydrogen) atoms. The predicted molar refractivity (Wildman–Crippen MR) is 56.3 cm³/mol. The molecule has 0 spiro atoms. The SMILES string of the molecule is CCOC(=O)C1CCC(C)(C)N1C(C)=O. The highest BCUT2D eigenvalue weighted by Gasteiger charge is 2.44. The van der Waals surface area contributed by atoms with Gasteiger partial charge in [0.1, 0.15) is 6.04 Å². The summed E-state index contributed by atoms with van der Waals surface area (Å²) in [7, 11) is 0. The van der Waals surface area contributed by atoms with Crippen LogP contribution in [0, 0.1) is 0 Å². The van der Waals surface area contributed by atoms with Gasteiger partial charge in [-0.05, 0) is 33.6 Å². The minimum Gasteiger partial charge on any atom is -0.464 e. The summed E-state index contributed by atoms with van der Waals surface area (Å²) in [6, 6.07) is -0.391. The van der Waals surface area contributed by atoms with Gasteiger partial charge in [-0.1, -0.05) is 0 Å². The topological polar surface area (TPSA) is 46.6 Å². The maximum absolute atomic E-state index is 11.6. The van der Waals surface area contributed by atoms with Crippen LogP contribution in [0.3, 0.4) is 0 Å². The van der Waals surface area contributed by atoms with Crippen LogP contribution in [0.2, 0.25) is 0 Å². The first-order valence-electron chi connectivity index (χ1n) is 5.36. The van der Waals surface area contributed by atoms with E-state index >= 15 is 0 Å². The average molecular weight is 213 g/mol. The third-order valence-electron chi connectivity index (χ3n) is 2.89. The number of esters is 1. The van der Waals surface area contributed by atoms with Gasteiger partial charge in [0, 0.05) is 12.5 Å². The number of hydrogen-bond acceptors (Lipinski definition) is 3. The smallest absolute Gasteiger partial charge is 0.328 e. The normalized spacial score (nSPS) is 24.0. The number of rotatable bonds is 2. The molecule has 4 nitrogen and oxygen atoms in total. The van der Waals surface area contributed by atoms with Gasteiger partial charge in [-0.15, -0.1) is 0 Å². The first-order chi connectivity index (χ1) is 6.90. The van der Waals surface area contributed by atoms with Crippen LogP contribution in [-0.4, -0.2) is 35.0 Å². The minimum absolute atomic E-state index is 0.0597. The van der Waals surface area contributed by atoms with Crippen LogP contribution in [0.25, 0.3) is 0 Å². The summed E-state index contributed by atoms with van der Waals surface area (Å²) in [4.78, 5) is 24.8. The van der Waals surface area contributed by atoms with Crippen LogP contribution in [0.1, 0.15) is 40.5 Å². The monoisotopic (exact) mass is 213 g/mol. The highest BCUT2D eigenvalue weighted by molar-refractivity contribution is 5.84. The van der Waals surface area contributed by atoms with E-state index in [0.29, 0.717) is 13.0 Å². The maximum Gasteiger partial charge on any atom is 0.328 e. The molecule has 0 aromatic heterocycles. The van der Waals surface area contributed by atoms with E-state index in [1.54, 1.807) is 11.8 Å². The second-order valence-corrected chi connectivity index (χ2v) is 4.51. The van der Waals surface area contributed by atoms with E-state index in [1.807, 2.05) is 13.8 Å². The second kappa shape index (κ2) is 4.21. The summed E-state index contributed by atoms with van der Waals surface area (Å²) in [5.74, 6) is -0.339. The largest absolute Gasteiger partial charge is 0.464 e. The van der Waals surface area contributed by atoms with Crippen molar-refractivity contribution in [3.63, 3.8) is 0 Å². The molecule has 0 radical (unpaired) electrons. The molecule has 0 bridgehead atoms. The molecular weight excluding hydrogens is 194 g/mol. The van der Waals surface area contributed by atoms with Gasteiger partial charge in [0.2, 0.25) is 5.91 Å². The lowest BCUT2D eigenvalue weighted by atomic mass is 10.0. The van der Waals surface area contributed by atoms with E-state index < -0.39 is 6.04 Å². The van der Waals surface area contributed by atoms with Crippen molar-refractivity contribution in [3.8, 4) is 0 Å². The lowest BCUT2D eigenvalue weighted by molar-refractivity contribution is -0.155. The Balaban J connectivity index is 2.83. The van der Waals surface area contributed by atoms with Gasteiger partial charge in [-0.2, -0.15) is 0 Å². The van der Waals surface area contributed by atoms with Crippen molar-refractivity contribution in [2.45, 2.75) is 52.1 Å². The second-order valence-electron chi connectivity index (χ2n) is 4.51. The fraction of sp³-hybridized carbons (Fsp3) is 0.818. The summed E-state index contributed by atoms with van der Waals surface area (Å²) in [5.41, 5.74) is -0.233. The molecule has 86 valence electrons. The molecule has 1 rings (SSSR count). The molecule has 0 aliphatic carbocycles. The third-order valence-corrected chi connectivity index (χ3v) is 2.89. The lowest BCUT2D eigenvalue weighted by Crippen LogP contribution is -2.49. The molecule has 1 unspecified atom stereocenters. The zero-order valence-electron chi connectivity index (χ0n) is 9.87. The number of carbonyl (C=O) groups excluding carboxylic acids is 2. The maximum atomic E-state index is 11.6.